The van der Waals surface area contributed by atoms with E-state index in [1.165, 1.54) is 32.5 Å². The van der Waals surface area contributed by atoms with Crippen LogP contribution >= 0.6 is 0 Å². The second-order valence-electron chi connectivity index (χ2n) is 4.97. The molecule has 15 heavy (non-hydrogen) atoms. The molecule has 1 saturated heterocycles. The van der Waals surface area contributed by atoms with Gasteiger partial charge in [-0.15, -0.1) is 0 Å². The van der Waals surface area contributed by atoms with Crippen LogP contribution in [0.1, 0.15) is 26.7 Å². The summed E-state index contributed by atoms with van der Waals surface area (Å²) in [5.74, 6) is 0.690. The first-order valence-electron chi connectivity index (χ1n) is 6.28. The van der Waals surface area contributed by atoms with Crippen LogP contribution in [0.25, 0.3) is 0 Å². The lowest BCUT2D eigenvalue weighted by Crippen LogP contribution is -2.37. The molecule has 0 amide bonds. The van der Waals surface area contributed by atoms with Crippen molar-refractivity contribution >= 4 is 0 Å². The smallest absolute Gasteiger partial charge is 0.0558 e. The van der Waals surface area contributed by atoms with Crippen LogP contribution in [0.4, 0.5) is 0 Å². The normalized spacial score (nSPS) is 18.2. The number of hydrogen-bond donors (Lipinski definition) is 1. The quantitative estimate of drug-likeness (QED) is 0.686. The zero-order valence-electron chi connectivity index (χ0n) is 10.3. The SMILES string of the molecule is CC(C)CN(CCO)CCN1CCCC1. The zero-order chi connectivity index (χ0) is 11.1. The van der Waals surface area contributed by atoms with Gasteiger partial charge in [-0.25, -0.2) is 0 Å². The summed E-state index contributed by atoms with van der Waals surface area (Å²) in [5, 5.41) is 8.99. The van der Waals surface area contributed by atoms with E-state index in [-0.39, 0.29) is 6.61 Å². The lowest BCUT2D eigenvalue weighted by atomic mass is 10.2. The average Bonchev–Trinajstić information content (AvgIpc) is 2.66. The van der Waals surface area contributed by atoms with Crippen molar-refractivity contribution in [1.29, 1.82) is 0 Å². The number of likely N-dealkylation sites (tertiary alicyclic amines) is 1. The molecular weight excluding hydrogens is 188 g/mol. The Morgan fingerprint density at radius 1 is 1.20 bits per heavy atom. The van der Waals surface area contributed by atoms with E-state index in [9.17, 15) is 0 Å². The maximum Gasteiger partial charge on any atom is 0.0558 e. The number of nitrogens with zero attached hydrogens (tertiary/aromatic N) is 2. The van der Waals surface area contributed by atoms with Crippen molar-refractivity contribution in [3.05, 3.63) is 0 Å². The summed E-state index contributed by atoms with van der Waals surface area (Å²) >= 11 is 0. The first kappa shape index (κ1) is 12.9. The average molecular weight is 214 g/mol. The van der Waals surface area contributed by atoms with Crippen LogP contribution in [0, 0.1) is 5.92 Å². The second-order valence-corrected chi connectivity index (χ2v) is 4.97. The molecule has 1 heterocycles. The summed E-state index contributed by atoms with van der Waals surface area (Å²) in [4.78, 5) is 4.91. The Labute approximate surface area is 94.1 Å². The van der Waals surface area contributed by atoms with Gasteiger partial charge in [-0.3, -0.25) is 4.90 Å². The molecule has 0 bridgehead atoms. The van der Waals surface area contributed by atoms with Gasteiger partial charge in [-0.2, -0.15) is 0 Å². The van der Waals surface area contributed by atoms with E-state index in [0.29, 0.717) is 5.92 Å². The van der Waals surface area contributed by atoms with Crippen LogP contribution in [0.2, 0.25) is 0 Å². The van der Waals surface area contributed by atoms with Crippen LogP contribution in [0.3, 0.4) is 0 Å². The third-order valence-corrected chi connectivity index (χ3v) is 2.97. The van der Waals surface area contributed by atoms with E-state index >= 15 is 0 Å². The van der Waals surface area contributed by atoms with Crippen molar-refractivity contribution in [2.45, 2.75) is 26.7 Å². The van der Waals surface area contributed by atoms with E-state index in [0.717, 1.165) is 19.6 Å². The molecule has 1 aliphatic heterocycles. The van der Waals surface area contributed by atoms with E-state index in [4.69, 9.17) is 5.11 Å². The zero-order valence-corrected chi connectivity index (χ0v) is 10.3. The molecule has 90 valence electrons. The molecule has 0 spiro atoms. The molecule has 0 atom stereocenters. The Balaban J connectivity index is 2.17. The standard InChI is InChI=1S/C12H26N2O/c1-12(2)11-14(9-10-15)8-7-13-5-3-4-6-13/h12,15H,3-11H2,1-2H3. The van der Waals surface area contributed by atoms with Gasteiger partial charge in [0.1, 0.15) is 0 Å². The van der Waals surface area contributed by atoms with Crippen molar-refractivity contribution in [1.82, 2.24) is 9.80 Å². The highest BCUT2D eigenvalue weighted by molar-refractivity contribution is 4.69. The Morgan fingerprint density at radius 2 is 1.87 bits per heavy atom. The van der Waals surface area contributed by atoms with Crippen molar-refractivity contribution in [2.75, 3.05) is 45.9 Å². The first-order valence-corrected chi connectivity index (χ1v) is 6.28. The van der Waals surface area contributed by atoms with Crippen molar-refractivity contribution < 1.29 is 5.11 Å². The van der Waals surface area contributed by atoms with Crippen LogP contribution in [0.15, 0.2) is 0 Å². The lowest BCUT2D eigenvalue weighted by molar-refractivity contribution is 0.164. The van der Waals surface area contributed by atoms with Gasteiger partial charge in [0.2, 0.25) is 0 Å². The van der Waals surface area contributed by atoms with E-state index in [1.54, 1.807) is 0 Å². The van der Waals surface area contributed by atoms with Crippen LogP contribution < -0.4 is 0 Å². The molecule has 1 N–H and O–H groups in total. The predicted octanol–water partition coefficient (Wildman–Crippen LogP) is 1.03. The monoisotopic (exact) mass is 214 g/mol. The minimum absolute atomic E-state index is 0.284. The summed E-state index contributed by atoms with van der Waals surface area (Å²) in [6, 6.07) is 0. The summed E-state index contributed by atoms with van der Waals surface area (Å²) in [7, 11) is 0. The minimum atomic E-state index is 0.284. The highest BCUT2D eigenvalue weighted by atomic mass is 16.3. The molecule has 0 aliphatic carbocycles. The number of aliphatic hydroxyl groups excluding tert-OH is 1. The third-order valence-electron chi connectivity index (χ3n) is 2.97. The number of aliphatic hydroxyl groups is 1. The summed E-state index contributed by atoms with van der Waals surface area (Å²) in [5.41, 5.74) is 0. The fraction of sp³-hybridized carbons (Fsp3) is 1.00. The summed E-state index contributed by atoms with van der Waals surface area (Å²) in [6.45, 7) is 11.5. The number of rotatable bonds is 7. The van der Waals surface area contributed by atoms with Gasteiger partial charge in [-0.1, -0.05) is 13.8 Å². The molecule has 1 aliphatic rings. The molecule has 0 unspecified atom stereocenters. The van der Waals surface area contributed by atoms with Crippen LogP contribution in [-0.2, 0) is 0 Å². The third kappa shape index (κ3) is 5.50. The molecule has 3 heteroatoms. The molecule has 0 saturated carbocycles. The molecule has 3 nitrogen and oxygen atoms in total. The summed E-state index contributed by atoms with van der Waals surface area (Å²) < 4.78 is 0. The maximum atomic E-state index is 8.99. The Kier molecular flexibility index (Phi) is 6.22. The van der Waals surface area contributed by atoms with Gasteiger partial charge in [0.25, 0.3) is 0 Å². The molecule has 1 rings (SSSR count). The highest BCUT2D eigenvalue weighted by Crippen LogP contribution is 2.07. The maximum absolute atomic E-state index is 8.99. The fourth-order valence-electron chi connectivity index (χ4n) is 2.24. The molecule has 0 aromatic heterocycles. The van der Waals surface area contributed by atoms with Gasteiger partial charge in [0, 0.05) is 26.2 Å². The Hall–Kier alpha value is -0.120. The second kappa shape index (κ2) is 7.20. The van der Waals surface area contributed by atoms with Crippen LogP contribution in [0.5, 0.6) is 0 Å². The Morgan fingerprint density at radius 3 is 2.40 bits per heavy atom. The van der Waals surface area contributed by atoms with Gasteiger partial charge in [-0.05, 0) is 31.8 Å². The molecule has 0 aromatic carbocycles. The molecule has 1 fully saturated rings. The van der Waals surface area contributed by atoms with Gasteiger partial charge < -0.3 is 10.0 Å². The van der Waals surface area contributed by atoms with Gasteiger partial charge in [0.15, 0.2) is 0 Å². The number of hydrogen-bond acceptors (Lipinski definition) is 3. The largest absolute Gasteiger partial charge is 0.395 e. The van der Waals surface area contributed by atoms with Gasteiger partial charge in [0.05, 0.1) is 6.61 Å². The van der Waals surface area contributed by atoms with Gasteiger partial charge >= 0.3 is 0 Å². The van der Waals surface area contributed by atoms with Crippen molar-refractivity contribution in [2.24, 2.45) is 5.92 Å². The predicted molar refractivity (Wildman–Crippen MR) is 64.0 cm³/mol. The Bertz CT molecular complexity index is 156. The van der Waals surface area contributed by atoms with Crippen molar-refractivity contribution in [3.8, 4) is 0 Å². The molecule has 0 aromatic rings. The lowest BCUT2D eigenvalue weighted by Gasteiger charge is -2.25. The minimum Gasteiger partial charge on any atom is -0.395 e. The fourth-order valence-corrected chi connectivity index (χ4v) is 2.24. The van der Waals surface area contributed by atoms with E-state index < -0.39 is 0 Å². The topological polar surface area (TPSA) is 26.7 Å². The highest BCUT2D eigenvalue weighted by Gasteiger charge is 2.13. The van der Waals surface area contributed by atoms with Crippen LogP contribution in [-0.4, -0.2) is 60.8 Å². The van der Waals surface area contributed by atoms with Crippen molar-refractivity contribution in [3.63, 3.8) is 0 Å². The summed E-state index contributed by atoms with van der Waals surface area (Å²) in [6.07, 6.45) is 2.73. The van der Waals surface area contributed by atoms with E-state index in [1.807, 2.05) is 0 Å². The first-order chi connectivity index (χ1) is 7.22. The van der Waals surface area contributed by atoms with E-state index in [2.05, 4.69) is 23.6 Å². The molecular formula is C12H26N2O. The molecule has 0 radical (unpaired) electrons.